The van der Waals surface area contributed by atoms with Crippen LogP contribution >= 0.6 is 0 Å². The van der Waals surface area contributed by atoms with Gasteiger partial charge in [-0.25, -0.2) is 0 Å². The first-order chi connectivity index (χ1) is 11.2. The van der Waals surface area contributed by atoms with E-state index >= 15 is 0 Å². The lowest BCUT2D eigenvalue weighted by Gasteiger charge is -2.22. The number of hydrogen-bond acceptors (Lipinski definition) is 4. The molecule has 0 amide bonds. The maximum Gasteiger partial charge on any atom is 0.119 e. The second-order valence-electron chi connectivity index (χ2n) is 6.07. The molecule has 0 unspecified atom stereocenters. The molecule has 1 fully saturated rings. The van der Waals surface area contributed by atoms with Gasteiger partial charge in [-0.2, -0.15) is 0 Å². The predicted molar refractivity (Wildman–Crippen MR) is 89.1 cm³/mol. The number of benzene rings is 2. The van der Waals surface area contributed by atoms with Crippen LogP contribution in [0.5, 0.6) is 5.75 Å². The Morgan fingerprint density at radius 2 is 1.74 bits per heavy atom. The highest BCUT2D eigenvalue weighted by molar-refractivity contribution is 5.28. The van der Waals surface area contributed by atoms with E-state index in [9.17, 15) is 10.2 Å². The summed E-state index contributed by atoms with van der Waals surface area (Å²) in [4.78, 5) is 2.13. The third-order valence-electron chi connectivity index (χ3n) is 4.27. The van der Waals surface area contributed by atoms with Crippen molar-refractivity contribution >= 4 is 0 Å². The number of hydrogen-bond donors (Lipinski definition) is 2. The summed E-state index contributed by atoms with van der Waals surface area (Å²) in [6.07, 6.45) is 0.315. The fourth-order valence-electron chi connectivity index (χ4n) is 3.01. The number of aliphatic hydroxyl groups is 2. The molecule has 4 heteroatoms. The van der Waals surface area contributed by atoms with Crippen molar-refractivity contribution in [3.63, 3.8) is 0 Å². The Bertz CT molecular complexity index is 600. The Kier molecular flexibility index (Phi) is 5.28. The lowest BCUT2D eigenvalue weighted by atomic mass is 10.2. The summed E-state index contributed by atoms with van der Waals surface area (Å²) < 4.78 is 5.78. The highest BCUT2D eigenvalue weighted by atomic mass is 16.5. The summed E-state index contributed by atoms with van der Waals surface area (Å²) in [6.45, 7) is 2.01. The van der Waals surface area contributed by atoms with Gasteiger partial charge >= 0.3 is 0 Å². The van der Waals surface area contributed by atoms with Crippen molar-refractivity contribution in [1.29, 1.82) is 0 Å². The average molecular weight is 313 g/mol. The van der Waals surface area contributed by atoms with E-state index in [4.69, 9.17) is 4.74 Å². The molecule has 0 bridgehead atoms. The fourth-order valence-corrected chi connectivity index (χ4v) is 3.01. The topological polar surface area (TPSA) is 52.9 Å². The minimum atomic E-state index is -0.333. The van der Waals surface area contributed by atoms with Gasteiger partial charge < -0.3 is 14.9 Å². The van der Waals surface area contributed by atoms with Crippen molar-refractivity contribution < 1.29 is 14.9 Å². The van der Waals surface area contributed by atoms with E-state index in [2.05, 4.69) is 4.90 Å². The largest absolute Gasteiger partial charge is 0.489 e. The highest BCUT2D eigenvalue weighted by Gasteiger charge is 2.29. The molecule has 0 aliphatic carbocycles. The molecular formula is C19H23NO3. The molecule has 1 aliphatic rings. The molecule has 122 valence electrons. The van der Waals surface area contributed by atoms with Crippen molar-refractivity contribution in [3.05, 3.63) is 65.7 Å². The van der Waals surface area contributed by atoms with Crippen LogP contribution in [0.1, 0.15) is 17.5 Å². The summed E-state index contributed by atoms with van der Waals surface area (Å²) in [7, 11) is 0. The van der Waals surface area contributed by atoms with Crippen molar-refractivity contribution in [3.8, 4) is 5.75 Å². The van der Waals surface area contributed by atoms with Crippen LogP contribution in [0.15, 0.2) is 54.6 Å². The van der Waals surface area contributed by atoms with Crippen molar-refractivity contribution in [2.24, 2.45) is 0 Å². The van der Waals surface area contributed by atoms with E-state index in [0.717, 1.165) is 23.4 Å². The number of aliphatic hydroxyl groups excluding tert-OH is 2. The molecule has 1 aliphatic heterocycles. The van der Waals surface area contributed by atoms with Gasteiger partial charge in [-0.3, -0.25) is 4.90 Å². The van der Waals surface area contributed by atoms with Gasteiger partial charge in [0.1, 0.15) is 12.4 Å². The first-order valence-corrected chi connectivity index (χ1v) is 8.03. The highest BCUT2D eigenvalue weighted by Crippen LogP contribution is 2.21. The normalized spacial score (nSPS) is 21.5. The minimum absolute atomic E-state index is 0.0546. The molecular weight excluding hydrogens is 290 g/mol. The van der Waals surface area contributed by atoms with E-state index < -0.39 is 0 Å². The monoisotopic (exact) mass is 313 g/mol. The van der Waals surface area contributed by atoms with Crippen molar-refractivity contribution in [2.45, 2.75) is 31.7 Å². The number of likely N-dealkylation sites (tertiary alicyclic amines) is 1. The summed E-state index contributed by atoms with van der Waals surface area (Å²) in [6, 6.07) is 18.2. The Hall–Kier alpha value is -1.88. The van der Waals surface area contributed by atoms with Crippen LogP contribution in [-0.2, 0) is 13.2 Å². The molecule has 0 radical (unpaired) electrons. The van der Waals surface area contributed by atoms with Crippen LogP contribution in [0.3, 0.4) is 0 Å². The minimum Gasteiger partial charge on any atom is -0.489 e. The van der Waals surface area contributed by atoms with Crippen molar-refractivity contribution in [1.82, 2.24) is 4.90 Å². The van der Waals surface area contributed by atoms with Gasteiger partial charge in [0.25, 0.3) is 0 Å². The first kappa shape index (κ1) is 16.0. The quantitative estimate of drug-likeness (QED) is 0.858. The summed E-state index contributed by atoms with van der Waals surface area (Å²) in [5.41, 5.74) is 2.30. The van der Waals surface area contributed by atoms with E-state index in [0.29, 0.717) is 19.6 Å². The zero-order valence-electron chi connectivity index (χ0n) is 13.1. The van der Waals surface area contributed by atoms with Crippen LogP contribution in [0.2, 0.25) is 0 Å². The van der Waals surface area contributed by atoms with Crippen LogP contribution < -0.4 is 4.74 Å². The molecule has 23 heavy (non-hydrogen) atoms. The molecule has 2 aromatic carbocycles. The molecule has 2 atom stereocenters. The zero-order valence-corrected chi connectivity index (χ0v) is 13.1. The summed E-state index contributed by atoms with van der Waals surface area (Å²) in [5.74, 6) is 0.845. The summed E-state index contributed by atoms with van der Waals surface area (Å²) >= 11 is 0. The molecule has 2 aromatic rings. The first-order valence-electron chi connectivity index (χ1n) is 8.03. The third-order valence-corrected chi connectivity index (χ3v) is 4.27. The molecule has 1 heterocycles. The van der Waals surface area contributed by atoms with Gasteiger partial charge in [-0.05, 0) is 29.7 Å². The second kappa shape index (κ2) is 7.59. The average Bonchev–Trinajstić information content (AvgIpc) is 2.95. The third kappa shape index (κ3) is 4.32. The van der Waals surface area contributed by atoms with Gasteiger partial charge in [0, 0.05) is 19.1 Å². The standard InChI is InChI=1S/C19H23NO3/c21-13-17-10-18(22)12-20(17)11-15-6-8-19(9-7-15)23-14-16-4-2-1-3-5-16/h1-9,17-18,21-22H,10-14H2/t17-,18+/m0/s1. The zero-order chi connectivity index (χ0) is 16.1. The molecule has 2 N–H and O–H groups in total. The van der Waals surface area contributed by atoms with Gasteiger partial charge in [0.2, 0.25) is 0 Å². The molecule has 1 saturated heterocycles. The van der Waals surface area contributed by atoms with E-state index in [1.807, 2.05) is 54.6 Å². The molecule has 0 saturated carbocycles. The number of rotatable bonds is 6. The Balaban J connectivity index is 1.55. The molecule has 4 nitrogen and oxygen atoms in total. The Labute approximate surface area is 136 Å². The number of ether oxygens (including phenoxy) is 1. The Morgan fingerprint density at radius 1 is 1.00 bits per heavy atom. The van der Waals surface area contributed by atoms with Gasteiger partial charge in [0.05, 0.1) is 12.7 Å². The number of nitrogens with zero attached hydrogens (tertiary/aromatic N) is 1. The van der Waals surface area contributed by atoms with Crippen LogP contribution in [0.4, 0.5) is 0 Å². The maximum atomic E-state index is 9.73. The lowest BCUT2D eigenvalue weighted by molar-refractivity contribution is 0.150. The van der Waals surface area contributed by atoms with Crippen LogP contribution in [0.25, 0.3) is 0 Å². The molecule has 3 rings (SSSR count). The van der Waals surface area contributed by atoms with Gasteiger partial charge in [-0.1, -0.05) is 42.5 Å². The fraction of sp³-hybridized carbons (Fsp3) is 0.368. The molecule has 0 spiro atoms. The Morgan fingerprint density at radius 3 is 2.43 bits per heavy atom. The SMILES string of the molecule is OC[C@@H]1C[C@@H](O)CN1Cc1ccc(OCc2ccccc2)cc1. The maximum absolute atomic E-state index is 9.73. The second-order valence-corrected chi connectivity index (χ2v) is 6.07. The lowest BCUT2D eigenvalue weighted by Crippen LogP contribution is -2.31. The van der Waals surface area contributed by atoms with E-state index in [1.54, 1.807) is 0 Å². The molecule has 0 aromatic heterocycles. The van der Waals surface area contributed by atoms with Crippen LogP contribution in [-0.4, -0.2) is 40.4 Å². The predicted octanol–water partition coefficient (Wildman–Crippen LogP) is 2.19. The van der Waals surface area contributed by atoms with Crippen LogP contribution in [0, 0.1) is 0 Å². The number of β-amino-alcohol motifs (C(OH)–C–C–N with tert-alkyl or cyclic N) is 1. The van der Waals surface area contributed by atoms with E-state index in [-0.39, 0.29) is 18.8 Å². The van der Waals surface area contributed by atoms with Gasteiger partial charge in [0.15, 0.2) is 0 Å². The van der Waals surface area contributed by atoms with E-state index in [1.165, 1.54) is 0 Å². The summed E-state index contributed by atoms with van der Waals surface area (Å²) in [5, 5.41) is 19.1. The van der Waals surface area contributed by atoms with Crippen molar-refractivity contribution in [2.75, 3.05) is 13.2 Å². The smallest absolute Gasteiger partial charge is 0.119 e. The van der Waals surface area contributed by atoms with Gasteiger partial charge in [-0.15, -0.1) is 0 Å².